The first kappa shape index (κ1) is 12.4. The van der Waals surface area contributed by atoms with Crippen molar-refractivity contribution in [2.75, 3.05) is 13.2 Å². The largest absolute Gasteiger partial charge is 0.381 e. The number of aromatic nitrogens is 1. The predicted octanol–water partition coefficient (Wildman–Crippen LogP) is 2.77. The molecule has 1 aromatic rings. The van der Waals surface area contributed by atoms with Crippen LogP contribution in [0.15, 0.2) is 24.2 Å². The molecule has 0 amide bonds. The van der Waals surface area contributed by atoms with Crippen molar-refractivity contribution in [1.82, 2.24) is 10.3 Å². The van der Waals surface area contributed by atoms with Crippen LogP contribution in [0, 0.1) is 0 Å². The Morgan fingerprint density at radius 2 is 2.26 bits per heavy atom. The molecule has 0 unspecified atom stereocenters. The summed E-state index contributed by atoms with van der Waals surface area (Å²) in [5, 5.41) is 5.16. The van der Waals surface area contributed by atoms with Gasteiger partial charge in [-0.1, -0.05) is 24.5 Å². The number of ether oxygens (including phenoxy) is 1. The summed E-state index contributed by atoms with van der Waals surface area (Å²) in [6, 6.07) is 0.423. The highest BCUT2D eigenvalue weighted by Gasteiger charge is 2.19. The van der Waals surface area contributed by atoms with Crippen LogP contribution in [-0.4, -0.2) is 30.1 Å². The molecule has 98 valence electrons. The second-order valence-electron chi connectivity index (χ2n) is 4.59. The van der Waals surface area contributed by atoms with Gasteiger partial charge in [-0.3, -0.25) is 0 Å². The Kier molecular flexibility index (Phi) is 3.34. The maximum Gasteiger partial charge on any atom is 0.154 e. The number of hydrogen-bond acceptors (Lipinski definition) is 5. The average Bonchev–Trinajstić information content (AvgIpc) is 2.85. The molecule has 0 spiro atoms. The van der Waals surface area contributed by atoms with Gasteiger partial charge in [-0.25, -0.2) is 4.98 Å². The van der Waals surface area contributed by atoms with Crippen molar-refractivity contribution >= 4 is 33.5 Å². The minimum atomic E-state index is 0.423. The summed E-state index contributed by atoms with van der Waals surface area (Å²) < 4.78 is 5.35. The number of rotatable bonds is 3. The van der Waals surface area contributed by atoms with Crippen molar-refractivity contribution in [1.29, 1.82) is 0 Å². The van der Waals surface area contributed by atoms with Gasteiger partial charge in [0, 0.05) is 30.9 Å². The molecule has 5 heteroatoms. The van der Waals surface area contributed by atoms with Crippen LogP contribution in [0.5, 0.6) is 0 Å². The molecule has 0 aliphatic carbocycles. The van der Waals surface area contributed by atoms with Crippen LogP contribution in [0.25, 0.3) is 11.3 Å². The number of fused-ring (bicyclic) bond motifs is 1. The maximum absolute atomic E-state index is 5.35. The molecule has 1 fully saturated rings. The van der Waals surface area contributed by atoms with Crippen LogP contribution < -0.4 is 5.32 Å². The van der Waals surface area contributed by atoms with E-state index >= 15 is 0 Å². The zero-order valence-electron chi connectivity index (χ0n) is 10.6. The van der Waals surface area contributed by atoms with Crippen molar-refractivity contribution in [2.24, 2.45) is 4.99 Å². The summed E-state index contributed by atoms with van der Waals surface area (Å²) in [5.74, 6) is 2.83. The molecule has 3 rings (SSSR count). The van der Waals surface area contributed by atoms with E-state index in [0.717, 1.165) is 53.0 Å². The second-order valence-corrected chi connectivity index (χ2v) is 5.57. The van der Waals surface area contributed by atoms with E-state index in [9.17, 15) is 0 Å². The Balaban J connectivity index is 1.74. The standard InChI is InChI=1S/C14H15N3OS/c1-9-3-6-15-14-12(9)17-13(19-14)10(2)16-11-4-7-18-8-5-11/h3,11,16H,1-2,4-5,7-8H2. The Morgan fingerprint density at radius 3 is 3.00 bits per heavy atom. The molecule has 0 bridgehead atoms. The fraction of sp³-hybridized carbons (Fsp3) is 0.357. The van der Waals surface area contributed by atoms with Crippen LogP contribution in [0.1, 0.15) is 23.5 Å². The van der Waals surface area contributed by atoms with Crippen molar-refractivity contribution in [3.63, 3.8) is 0 Å². The normalized spacial score (nSPS) is 18.4. The summed E-state index contributed by atoms with van der Waals surface area (Å²) in [4.78, 5) is 8.75. The lowest BCUT2D eigenvalue weighted by molar-refractivity contribution is 0.0819. The number of nitrogens with zero attached hydrogens (tertiary/aromatic N) is 2. The van der Waals surface area contributed by atoms with E-state index in [4.69, 9.17) is 4.74 Å². The predicted molar refractivity (Wildman–Crippen MR) is 78.8 cm³/mol. The Labute approximate surface area is 116 Å². The van der Waals surface area contributed by atoms with E-state index in [2.05, 4.69) is 34.3 Å². The summed E-state index contributed by atoms with van der Waals surface area (Å²) in [7, 11) is 0. The van der Waals surface area contributed by atoms with E-state index in [-0.39, 0.29) is 0 Å². The minimum Gasteiger partial charge on any atom is -0.381 e. The number of aliphatic imine (C=N–C) groups is 1. The fourth-order valence-electron chi connectivity index (χ4n) is 2.11. The molecular formula is C14H15N3OS. The third kappa shape index (κ3) is 2.54. The highest BCUT2D eigenvalue weighted by Crippen LogP contribution is 2.35. The number of allylic oxidation sites excluding steroid dienone is 2. The molecule has 0 saturated carbocycles. The maximum atomic E-state index is 5.35. The van der Waals surface area contributed by atoms with Gasteiger partial charge in [-0.2, -0.15) is 4.99 Å². The molecule has 1 aromatic heterocycles. The van der Waals surface area contributed by atoms with E-state index in [1.807, 2.05) is 0 Å². The molecule has 1 saturated heterocycles. The van der Waals surface area contributed by atoms with E-state index < -0.39 is 0 Å². The second kappa shape index (κ2) is 5.13. The molecule has 2 aliphatic rings. The summed E-state index contributed by atoms with van der Waals surface area (Å²) in [6.07, 6.45) is 3.77. The number of nitrogens with one attached hydrogen (secondary N) is 1. The molecule has 4 nitrogen and oxygen atoms in total. The third-order valence-electron chi connectivity index (χ3n) is 3.18. The van der Waals surface area contributed by atoms with E-state index in [0.29, 0.717) is 6.04 Å². The number of thiazole rings is 1. The van der Waals surface area contributed by atoms with Crippen molar-refractivity contribution in [3.05, 3.63) is 29.9 Å². The first-order valence-corrected chi connectivity index (χ1v) is 7.09. The minimum absolute atomic E-state index is 0.423. The van der Waals surface area contributed by atoms with Gasteiger partial charge < -0.3 is 10.1 Å². The lowest BCUT2D eigenvalue weighted by Gasteiger charge is -2.24. The Bertz CT molecular complexity index is 576. The SMILES string of the molecule is C=C(NC1CCOCC1)c1nc2c(s1)N=C=CC2=C. The summed E-state index contributed by atoms with van der Waals surface area (Å²) in [6.45, 7) is 9.64. The molecule has 3 heterocycles. The van der Waals surface area contributed by atoms with Gasteiger partial charge in [0.1, 0.15) is 10.7 Å². The average molecular weight is 273 g/mol. The monoisotopic (exact) mass is 273 g/mol. The lowest BCUT2D eigenvalue weighted by atomic mass is 10.1. The lowest BCUT2D eigenvalue weighted by Crippen LogP contribution is -2.33. The smallest absolute Gasteiger partial charge is 0.154 e. The van der Waals surface area contributed by atoms with Gasteiger partial charge in [0.25, 0.3) is 0 Å². The van der Waals surface area contributed by atoms with E-state index in [1.165, 1.54) is 11.3 Å². The fourth-order valence-corrected chi connectivity index (χ4v) is 2.99. The molecule has 0 aromatic carbocycles. The summed E-state index contributed by atoms with van der Waals surface area (Å²) >= 11 is 1.52. The van der Waals surface area contributed by atoms with Gasteiger partial charge in [0.05, 0.1) is 5.70 Å². The van der Waals surface area contributed by atoms with Crippen LogP contribution in [0.4, 0.5) is 5.00 Å². The quantitative estimate of drug-likeness (QED) is 0.921. The van der Waals surface area contributed by atoms with E-state index in [1.54, 1.807) is 6.08 Å². The molecule has 0 radical (unpaired) electrons. The van der Waals surface area contributed by atoms with Gasteiger partial charge in [-0.05, 0) is 18.7 Å². The van der Waals surface area contributed by atoms with Gasteiger partial charge in [-0.15, -0.1) is 0 Å². The van der Waals surface area contributed by atoms with Crippen LogP contribution in [0.3, 0.4) is 0 Å². The zero-order chi connectivity index (χ0) is 13.2. The summed E-state index contributed by atoms with van der Waals surface area (Å²) in [5.41, 5.74) is 2.55. The van der Waals surface area contributed by atoms with Crippen LogP contribution >= 0.6 is 11.3 Å². The molecule has 19 heavy (non-hydrogen) atoms. The molecule has 2 aliphatic heterocycles. The van der Waals surface area contributed by atoms with Crippen LogP contribution in [0.2, 0.25) is 0 Å². The van der Waals surface area contributed by atoms with Crippen LogP contribution in [-0.2, 0) is 4.74 Å². The Hall–Kier alpha value is -1.68. The van der Waals surface area contributed by atoms with Gasteiger partial charge in [0.2, 0.25) is 0 Å². The first-order valence-electron chi connectivity index (χ1n) is 6.27. The van der Waals surface area contributed by atoms with Gasteiger partial charge in [0.15, 0.2) is 5.00 Å². The highest BCUT2D eigenvalue weighted by molar-refractivity contribution is 7.16. The van der Waals surface area contributed by atoms with Crippen molar-refractivity contribution in [2.45, 2.75) is 18.9 Å². The highest BCUT2D eigenvalue weighted by atomic mass is 32.1. The number of hydrogen-bond donors (Lipinski definition) is 1. The topological polar surface area (TPSA) is 46.5 Å². The zero-order valence-corrected chi connectivity index (χ0v) is 11.4. The Morgan fingerprint density at radius 1 is 1.47 bits per heavy atom. The van der Waals surface area contributed by atoms with Crippen molar-refractivity contribution in [3.8, 4) is 0 Å². The molecular weight excluding hydrogens is 258 g/mol. The van der Waals surface area contributed by atoms with Gasteiger partial charge >= 0.3 is 0 Å². The molecule has 1 N–H and O–H groups in total. The molecule has 0 atom stereocenters. The first-order chi connectivity index (χ1) is 9.24. The van der Waals surface area contributed by atoms with Crippen molar-refractivity contribution < 1.29 is 4.74 Å². The third-order valence-corrected chi connectivity index (χ3v) is 4.19.